The zero-order chi connectivity index (χ0) is 14.3. The minimum Gasteiger partial charge on any atom is -0.494 e. The molecule has 0 aliphatic carbocycles. The second-order valence-electron chi connectivity index (χ2n) is 4.31. The van der Waals surface area contributed by atoms with Crippen molar-refractivity contribution in [3.8, 4) is 5.75 Å². The fourth-order valence-electron chi connectivity index (χ4n) is 1.84. The summed E-state index contributed by atoms with van der Waals surface area (Å²) >= 11 is 0. The Hall–Kier alpha value is -1.55. The number of benzene rings is 1. The lowest BCUT2D eigenvalue weighted by Gasteiger charge is -2.22. The lowest BCUT2D eigenvalue weighted by Crippen LogP contribution is -2.23. The maximum atomic E-state index is 11.7. The first kappa shape index (κ1) is 15.5. The Balaban J connectivity index is 3.00. The molecule has 0 spiro atoms. The van der Waals surface area contributed by atoms with Gasteiger partial charge < -0.3 is 4.74 Å². The number of unbranched alkanes of at least 4 members (excludes halogenated alkanes) is 1. The van der Waals surface area contributed by atoms with Crippen molar-refractivity contribution in [2.45, 2.75) is 33.6 Å². The molecule has 0 atom stereocenters. The number of nitrogens with zero attached hydrogens (tertiary/aromatic N) is 1. The van der Waals surface area contributed by atoms with Crippen molar-refractivity contribution < 1.29 is 14.4 Å². The molecular formula is C15H23NO3. The molecule has 0 saturated carbocycles. The van der Waals surface area contributed by atoms with Crippen LogP contribution in [0.15, 0.2) is 18.2 Å². The summed E-state index contributed by atoms with van der Waals surface area (Å²) in [6.45, 7) is 7.00. The summed E-state index contributed by atoms with van der Waals surface area (Å²) in [7, 11) is 1.60. The summed E-state index contributed by atoms with van der Waals surface area (Å²) in [6, 6.07) is 5.49. The molecule has 4 heteroatoms. The Morgan fingerprint density at radius 2 is 2.05 bits per heavy atom. The maximum absolute atomic E-state index is 11.7. The summed E-state index contributed by atoms with van der Waals surface area (Å²) in [4.78, 5) is 16.9. The highest BCUT2D eigenvalue weighted by Gasteiger charge is 2.14. The first-order valence-corrected chi connectivity index (χ1v) is 6.73. The number of anilines is 1. The molecule has 0 radical (unpaired) electrons. The molecular weight excluding hydrogens is 242 g/mol. The van der Waals surface area contributed by atoms with E-state index in [0.717, 1.165) is 24.3 Å². The van der Waals surface area contributed by atoms with Crippen molar-refractivity contribution in [2.24, 2.45) is 0 Å². The van der Waals surface area contributed by atoms with Gasteiger partial charge in [-0.15, -0.1) is 0 Å². The highest BCUT2D eigenvalue weighted by Crippen LogP contribution is 2.27. The summed E-state index contributed by atoms with van der Waals surface area (Å²) in [5.41, 5.74) is 1.40. The van der Waals surface area contributed by atoms with Gasteiger partial charge in [-0.3, -0.25) is 14.7 Å². The third-order valence-corrected chi connectivity index (χ3v) is 2.89. The van der Waals surface area contributed by atoms with Crippen LogP contribution in [0.2, 0.25) is 0 Å². The number of hydroxylamine groups is 1. The van der Waals surface area contributed by atoms with Crippen molar-refractivity contribution in [1.82, 2.24) is 0 Å². The van der Waals surface area contributed by atoms with Crippen LogP contribution in [0.5, 0.6) is 5.75 Å². The average molecular weight is 265 g/mol. The predicted molar refractivity (Wildman–Crippen MR) is 76.9 cm³/mol. The molecule has 4 nitrogen and oxygen atoms in total. The molecule has 1 aromatic carbocycles. The molecule has 0 heterocycles. The molecule has 0 aromatic heterocycles. The van der Waals surface area contributed by atoms with Gasteiger partial charge in [0.05, 0.1) is 19.4 Å². The van der Waals surface area contributed by atoms with Crippen molar-refractivity contribution >= 4 is 11.5 Å². The molecule has 1 aromatic rings. The van der Waals surface area contributed by atoms with Crippen LogP contribution in [0.3, 0.4) is 0 Å². The van der Waals surface area contributed by atoms with E-state index in [1.807, 2.05) is 19.1 Å². The summed E-state index contributed by atoms with van der Waals surface area (Å²) in [6.07, 6.45) is 2.11. The van der Waals surface area contributed by atoms with E-state index in [0.29, 0.717) is 18.7 Å². The molecule has 19 heavy (non-hydrogen) atoms. The monoisotopic (exact) mass is 265 g/mol. The smallest absolute Gasteiger partial charge is 0.161 e. The van der Waals surface area contributed by atoms with E-state index in [4.69, 9.17) is 9.57 Å². The van der Waals surface area contributed by atoms with Gasteiger partial charge in [0.25, 0.3) is 0 Å². The second-order valence-corrected chi connectivity index (χ2v) is 4.31. The summed E-state index contributed by atoms with van der Waals surface area (Å²) < 4.78 is 5.67. The fraction of sp³-hybridized carbons (Fsp3) is 0.533. The normalized spacial score (nSPS) is 10.3. The van der Waals surface area contributed by atoms with Gasteiger partial charge in [0.2, 0.25) is 0 Å². The van der Waals surface area contributed by atoms with Crippen LogP contribution in [-0.4, -0.2) is 26.0 Å². The molecule has 1 rings (SSSR count). The third-order valence-electron chi connectivity index (χ3n) is 2.89. The Bertz CT molecular complexity index is 414. The first-order chi connectivity index (χ1) is 9.13. The number of hydrogen-bond donors (Lipinski definition) is 0. The zero-order valence-corrected chi connectivity index (χ0v) is 12.2. The second kappa shape index (κ2) is 7.79. The molecule has 0 bridgehead atoms. The van der Waals surface area contributed by atoms with Crippen molar-refractivity contribution in [1.29, 1.82) is 0 Å². The Morgan fingerprint density at radius 3 is 2.58 bits per heavy atom. The summed E-state index contributed by atoms with van der Waals surface area (Å²) in [5, 5.41) is 1.68. The number of ether oxygens (including phenoxy) is 1. The number of Topliss-reactive ketones (excluding diaryl/α,β-unsaturated/α-hetero) is 1. The molecule has 0 N–H and O–H groups in total. The molecule has 0 saturated heterocycles. The molecule has 0 fully saturated rings. The van der Waals surface area contributed by atoms with Crippen LogP contribution < -0.4 is 9.80 Å². The SMILES string of the molecule is CCCCOc1ccc(C(C)=O)c(N(CC)OC)c1. The van der Waals surface area contributed by atoms with Crippen molar-refractivity contribution in [3.05, 3.63) is 23.8 Å². The Morgan fingerprint density at radius 1 is 1.32 bits per heavy atom. The summed E-state index contributed by atoms with van der Waals surface area (Å²) in [5.74, 6) is 0.787. The fourth-order valence-corrected chi connectivity index (χ4v) is 1.84. The maximum Gasteiger partial charge on any atom is 0.161 e. The van der Waals surface area contributed by atoms with E-state index in [-0.39, 0.29) is 5.78 Å². The van der Waals surface area contributed by atoms with E-state index in [1.165, 1.54) is 0 Å². The minimum absolute atomic E-state index is 0.0191. The molecule has 106 valence electrons. The van der Waals surface area contributed by atoms with Crippen molar-refractivity contribution in [2.75, 3.05) is 25.3 Å². The van der Waals surface area contributed by atoms with Gasteiger partial charge >= 0.3 is 0 Å². The van der Waals surface area contributed by atoms with E-state index < -0.39 is 0 Å². The lowest BCUT2D eigenvalue weighted by atomic mass is 10.1. The molecule has 0 aliphatic heterocycles. The van der Waals surface area contributed by atoms with Crippen LogP contribution in [0.1, 0.15) is 44.0 Å². The van der Waals surface area contributed by atoms with Crippen LogP contribution in [-0.2, 0) is 4.84 Å². The van der Waals surface area contributed by atoms with Crippen LogP contribution in [0.25, 0.3) is 0 Å². The molecule has 0 unspecified atom stereocenters. The van der Waals surface area contributed by atoms with E-state index in [1.54, 1.807) is 25.2 Å². The van der Waals surface area contributed by atoms with Crippen molar-refractivity contribution in [3.63, 3.8) is 0 Å². The molecule has 0 amide bonds. The Kier molecular flexibility index (Phi) is 6.36. The topological polar surface area (TPSA) is 38.8 Å². The van der Waals surface area contributed by atoms with Gasteiger partial charge in [0, 0.05) is 18.2 Å². The van der Waals surface area contributed by atoms with Gasteiger partial charge in [0.15, 0.2) is 5.78 Å². The highest BCUT2D eigenvalue weighted by molar-refractivity contribution is 5.99. The Labute approximate surface area is 115 Å². The number of ketones is 1. The number of carbonyl (C=O) groups is 1. The predicted octanol–water partition coefficient (Wildman–Crippen LogP) is 3.46. The lowest BCUT2D eigenvalue weighted by molar-refractivity contribution is 0.101. The average Bonchev–Trinajstić information content (AvgIpc) is 2.40. The standard InChI is InChI=1S/C15H23NO3/c1-5-7-10-19-13-8-9-14(12(3)17)15(11-13)16(6-2)18-4/h8-9,11H,5-7,10H2,1-4H3. The van der Waals surface area contributed by atoms with Gasteiger partial charge in [-0.25, -0.2) is 0 Å². The highest BCUT2D eigenvalue weighted by atomic mass is 16.7. The quantitative estimate of drug-likeness (QED) is 0.410. The third kappa shape index (κ3) is 4.24. The van der Waals surface area contributed by atoms with Crippen LogP contribution in [0, 0.1) is 0 Å². The van der Waals surface area contributed by atoms with Gasteiger partial charge in [-0.05, 0) is 32.4 Å². The number of rotatable bonds is 8. The zero-order valence-electron chi connectivity index (χ0n) is 12.2. The van der Waals surface area contributed by atoms with E-state index in [9.17, 15) is 4.79 Å². The van der Waals surface area contributed by atoms with Crippen LogP contribution >= 0.6 is 0 Å². The van der Waals surface area contributed by atoms with Gasteiger partial charge in [0.1, 0.15) is 5.75 Å². The van der Waals surface area contributed by atoms with Gasteiger partial charge in [-0.1, -0.05) is 13.3 Å². The van der Waals surface area contributed by atoms with E-state index in [2.05, 4.69) is 6.92 Å². The molecule has 0 aliphatic rings. The number of hydrogen-bond acceptors (Lipinski definition) is 4. The van der Waals surface area contributed by atoms with Gasteiger partial charge in [-0.2, -0.15) is 0 Å². The number of carbonyl (C=O) groups excluding carboxylic acids is 1. The van der Waals surface area contributed by atoms with E-state index >= 15 is 0 Å². The minimum atomic E-state index is 0.0191. The van der Waals surface area contributed by atoms with Crippen LogP contribution in [0.4, 0.5) is 5.69 Å². The largest absolute Gasteiger partial charge is 0.494 e. The first-order valence-electron chi connectivity index (χ1n) is 6.73.